The van der Waals surface area contributed by atoms with Crippen LogP contribution < -0.4 is 0 Å². The minimum atomic E-state index is 0.0625. The van der Waals surface area contributed by atoms with Gasteiger partial charge in [0.2, 0.25) is 10.6 Å². The highest BCUT2D eigenvalue weighted by atomic mass is 35.5. The number of hydrogen-bond donors (Lipinski definition) is 0. The lowest BCUT2D eigenvalue weighted by molar-refractivity contribution is 1.17. The summed E-state index contributed by atoms with van der Waals surface area (Å²) in [7, 11) is 0. The van der Waals surface area contributed by atoms with Crippen molar-refractivity contribution in [1.82, 2.24) is 19.9 Å². The molecule has 10 heteroatoms. The van der Waals surface area contributed by atoms with E-state index >= 15 is 0 Å². The number of hydrogen-bond acceptors (Lipinski definition) is 4. The first-order chi connectivity index (χ1) is 8.36. The SMILES string of the molecule is Clc1cc(Cl)nc(Cl)n1.Clc1cc(Cl)nc(Cl)n1. The Hall–Kier alpha value is -0.100. The summed E-state index contributed by atoms with van der Waals surface area (Å²) in [6.45, 7) is 0. The van der Waals surface area contributed by atoms with Gasteiger partial charge in [-0.2, -0.15) is 0 Å². The highest BCUT2D eigenvalue weighted by Crippen LogP contribution is 2.14. The van der Waals surface area contributed by atoms with Gasteiger partial charge in [-0.15, -0.1) is 0 Å². The average Bonchev–Trinajstić information content (AvgIpc) is 2.12. The van der Waals surface area contributed by atoms with Crippen LogP contribution >= 0.6 is 69.6 Å². The second-order valence-electron chi connectivity index (χ2n) is 2.56. The Kier molecular flexibility index (Phi) is 6.63. The van der Waals surface area contributed by atoms with Crippen molar-refractivity contribution >= 4 is 69.6 Å². The Balaban J connectivity index is 0.000000180. The molecule has 0 saturated heterocycles. The third-order valence-corrected chi connectivity index (χ3v) is 2.39. The van der Waals surface area contributed by atoms with E-state index in [9.17, 15) is 0 Å². The van der Waals surface area contributed by atoms with Gasteiger partial charge in [0.05, 0.1) is 0 Å². The Morgan fingerprint density at radius 2 is 0.722 bits per heavy atom. The zero-order chi connectivity index (χ0) is 13.7. The van der Waals surface area contributed by atoms with E-state index in [2.05, 4.69) is 19.9 Å². The highest BCUT2D eigenvalue weighted by molar-refractivity contribution is 6.35. The molecule has 0 aliphatic carbocycles. The van der Waals surface area contributed by atoms with Gasteiger partial charge >= 0.3 is 0 Å². The molecule has 2 rings (SSSR count). The third-order valence-electron chi connectivity index (χ3n) is 1.27. The summed E-state index contributed by atoms with van der Waals surface area (Å²) in [5, 5.41) is 1.13. The van der Waals surface area contributed by atoms with E-state index in [0.29, 0.717) is 0 Å². The lowest BCUT2D eigenvalue weighted by atomic mass is 10.7. The lowest BCUT2D eigenvalue weighted by Gasteiger charge is -1.89. The van der Waals surface area contributed by atoms with Crippen molar-refractivity contribution in [3.8, 4) is 0 Å². The van der Waals surface area contributed by atoms with Gasteiger partial charge in [0, 0.05) is 12.1 Å². The van der Waals surface area contributed by atoms with Crippen LogP contribution in [0.1, 0.15) is 0 Å². The van der Waals surface area contributed by atoms with Gasteiger partial charge in [0.15, 0.2) is 0 Å². The molecule has 0 aromatic carbocycles. The summed E-state index contributed by atoms with van der Waals surface area (Å²) in [4.78, 5) is 14.3. The molecule has 0 unspecified atom stereocenters. The van der Waals surface area contributed by atoms with Gasteiger partial charge in [-0.3, -0.25) is 0 Å². The maximum absolute atomic E-state index is 5.43. The largest absolute Gasteiger partial charge is 0.225 e. The summed E-state index contributed by atoms with van der Waals surface area (Å²) in [6.07, 6.45) is 0. The average molecular weight is 367 g/mol. The first kappa shape index (κ1) is 16.0. The van der Waals surface area contributed by atoms with Crippen LogP contribution in [0.4, 0.5) is 0 Å². The maximum atomic E-state index is 5.43. The van der Waals surface area contributed by atoms with Crippen molar-refractivity contribution in [1.29, 1.82) is 0 Å². The molecule has 0 saturated carbocycles. The molecule has 2 aromatic rings. The zero-order valence-electron chi connectivity index (χ0n) is 8.21. The van der Waals surface area contributed by atoms with Crippen LogP contribution in [0.5, 0.6) is 0 Å². The van der Waals surface area contributed by atoms with E-state index in [1.807, 2.05) is 0 Å². The fraction of sp³-hybridized carbons (Fsp3) is 0. The topological polar surface area (TPSA) is 51.6 Å². The van der Waals surface area contributed by atoms with Crippen molar-refractivity contribution in [3.05, 3.63) is 43.3 Å². The highest BCUT2D eigenvalue weighted by Gasteiger charge is 1.96. The summed E-state index contributed by atoms with van der Waals surface area (Å²) in [5.74, 6) is 0. The van der Waals surface area contributed by atoms with Crippen LogP contribution in [0.2, 0.25) is 31.2 Å². The van der Waals surface area contributed by atoms with Gasteiger partial charge < -0.3 is 0 Å². The molecule has 2 heterocycles. The van der Waals surface area contributed by atoms with Crippen molar-refractivity contribution < 1.29 is 0 Å². The Labute approximate surface area is 132 Å². The number of nitrogens with zero attached hydrogens (tertiary/aromatic N) is 4. The predicted octanol–water partition coefficient (Wildman–Crippen LogP) is 4.87. The first-order valence-electron chi connectivity index (χ1n) is 4.08. The second kappa shape index (κ2) is 7.48. The summed E-state index contributed by atoms with van der Waals surface area (Å²) in [5.41, 5.74) is 0. The normalized spacial score (nSPS) is 9.67. The second-order valence-corrected chi connectivity index (χ2v) is 4.79. The van der Waals surface area contributed by atoms with E-state index in [0.717, 1.165) is 0 Å². The van der Waals surface area contributed by atoms with E-state index in [4.69, 9.17) is 69.6 Å². The van der Waals surface area contributed by atoms with Crippen molar-refractivity contribution in [2.24, 2.45) is 0 Å². The van der Waals surface area contributed by atoms with E-state index < -0.39 is 0 Å². The van der Waals surface area contributed by atoms with Gasteiger partial charge in [-0.05, 0) is 23.2 Å². The molecule has 0 aliphatic heterocycles. The molecule has 0 atom stereocenters. The van der Waals surface area contributed by atoms with Gasteiger partial charge in [0.1, 0.15) is 20.6 Å². The molecule has 0 spiro atoms. The van der Waals surface area contributed by atoms with Gasteiger partial charge in [-0.1, -0.05) is 46.4 Å². The van der Waals surface area contributed by atoms with Crippen LogP contribution in [0.3, 0.4) is 0 Å². The van der Waals surface area contributed by atoms with Crippen molar-refractivity contribution in [2.75, 3.05) is 0 Å². The summed E-state index contributed by atoms with van der Waals surface area (Å²) < 4.78 is 0. The van der Waals surface area contributed by atoms with E-state index in [1.165, 1.54) is 12.1 Å². The molecule has 0 fully saturated rings. The fourth-order valence-electron chi connectivity index (χ4n) is 0.728. The molecular weight excluding hydrogens is 365 g/mol. The van der Waals surface area contributed by atoms with Gasteiger partial charge in [0.25, 0.3) is 0 Å². The Bertz CT molecular complexity index is 399. The molecule has 0 radical (unpaired) electrons. The molecule has 2 aromatic heterocycles. The predicted molar refractivity (Wildman–Crippen MR) is 74.1 cm³/mol. The molecule has 0 N–H and O–H groups in total. The third kappa shape index (κ3) is 6.18. The number of halogens is 6. The van der Waals surface area contributed by atoms with Crippen LogP contribution in [0.15, 0.2) is 12.1 Å². The van der Waals surface area contributed by atoms with E-state index in [-0.39, 0.29) is 31.2 Å². The molecule has 0 aliphatic rings. The van der Waals surface area contributed by atoms with Crippen LogP contribution in [0.25, 0.3) is 0 Å². The molecular formula is C8H2Cl6N4. The minimum absolute atomic E-state index is 0.0625. The van der Waals surface area contributed by atoms with Crippen LogP contribution in [-0.4, -0.2) is 19.9 Å². The van der Waals surface area contributed by atoms with Crippen LogP contribution in [-0.2, 0) is 0 Å². The van der Waals surface area contributed by atoms with Crippen molar-refractivity contribution in [3.63, 3.8) is 0 Å². The summed E-state index contributed by atoms with van der Waals surface area (Å²) >= 11 is 32.4. The molecule has 0 bridgehead atoms. The molecule has 4 nitrogen and oxygen atoms in total. The number of rotatable bonds is 0. The zero-order valence-corrected chi connectivity index (χ0v) is 12.7. The minimum Gasteiger partial charge on any atom is -0.206 e. The molecule has 0 amide bonds. The van der Waals surface area contributed by atoms with Gasteiger partial charge in [-0.25, -0.2) is 19.9 Å². The van der Waals surface area contributed by atoms with Crippen molar-refractivity contribution in [2.45, 2.75) is 0 Å². The quantitative estimate of drug-likeness (QED) is 0.493. The van der Waals surface area contributed by atoms with Crippen LogP contribution in [0, 0.1) is 0 Å². The lowest BCUT2D eigenvalue weighted by Crippen LogP contribution is -1.81. The summed E-state index contributed by atoms with van der Waals surface area (Å²) in [6, 6.07) is 2.82. The van der Waals surface area contributed by atoms with E-state index in [1.54, 1.807) is 0 Å². The smallest absolute Gasteiger partial charge is 0.206 e. The Morgan fingerprint density at radius 3 is 0.889 bits per heavy atom. The maximum Gasteiger partial charge on any atom is 0.225 e. The molecule has 96 valence electrons. The fourth-order valence-corrected chi connectivity index (χ4v) is 2.11. The monoisotopic (exact) mass is 364 g/mol. The standard InChI is InChI=1S/2C4HCl3N2/c2*5-2-1-3(6)9-4(7)8-2/h2*1H. The Morgan fingerprint density at radius 1 is 0.500 bits per heavy atom. The first-order valence-corrected chi connectivity index (χ1v) is 6.35. The number of aromatic nitrogens is 4. The molecule has 18 heavy (non-hydrogen) atoms.